The fourth-order valence-electron chi connectivity index (χ4n) is 3.20. The van der Waals surface area contributed by atoms with Crippen LogP contribution in [0.3, 0.4) is 0 Å². The zero-order chi connectivity index (χ0) is 17.1. The standard InChI is InChI=1S/C18H24N4O2/c1-13(22-10-9-14-5-3-4-6-15(14)12-22)11-19-18(24)16-7-8-17(23)21(2)20-16/h3-6,13H,7-12H2,1-2H3,(H,19,24)/t13-/m0/s1. The highest BCUT2D eigenvalue weighted by atomic mass is 16.2. The van der Waals surface area contributed by atoms with Gasteiger partial charge in [0.1, 0.15) is 5.71 Å². The summed E-state index contributed by atoms with van der Waals surface area (Å²) in [6.07, 6.45) is 1.82. The Morgan fingerprint density at radius 3 is 2.75 bits per heavy atom. The molecule has 1 N–H and O–H groups in total. The van der Waals surface area contributed by atoms with Gasteiger partial charge in [0.05, 0.1) is 0 Å². The molecule has 0 spiro atoms. The predicted molar refractivity (Wildman–Crippen MR) is 92.5 cm³/mol. The van der Waals surface area contributed by atoms with Crippen molar-refractivity contribution in [2.45, 2.75) is 38.8 Å². The van der Waals surface area contributed by atoms with Gasteiger partial charge < -0.3 is 5.32 Å². The summed E-state index contributed by atoms with van der Waals surface area (Å²) in [7, 11) is 1.59. The maximum Gasteiger partial charge on any atom is 0.267 e. The molecular formula is C18H24N4O2. The largest absolute Gasteiger partial charge is 0.349 e. The molecule has 2 heterocycles. The predicted octanol–water partition coefficient (Wildman–Crippen LogP) is 1.16. The van der Waals surface area contributed by atoms with Crippen molar-refractivity contribution in [1.82, 2.24) is 15.2 Å². The highest BCUT2D eigenvalue weighted by molar-refractivity contribution is 6.39. The third kappa shape index (κ3) is 3.64. The molecule has 0 fully saturated rings. The van der Waals surface area contributed by atoms with Crippen LogP contribution < -0.4 is 5.32 Å². The first-order valence-electron chi connectivity index (χ1n) is 8.47. The van der Waals surface area contributed by atoms with Crippen LogP contribution in [0.5, 0.6) is 0 Å². The SMILES string of the molecule is C[C@@H](CNC(=O)C1=NN(C)C(=O)CC1)N1CCc2ccccc2C1. The summed E-state index contributed by atoms with van der Waals surface area (Å²) in [4.78, 5) is 26.0. The summed E-state index contributed by atoms with van der Waals surface area (Å²) < 4.78 is 0. The molecule has 0 radical (unpaired) electrons. The number of nitrogens with one attached hydrogen (secondary N) is 1. The molecule has 3 rings (SSSR count). The van der Waals surface area contributed by atoms with E-state index in [1.165, 1.54) is 16.1 Å². The molecule has 2 amide bonds. The normalized spacial score (nSPS) is 19.5. The van der Waals surface area contributed by atoms with Gasteiger partial charge in [-0.3, -0.25) is 14.5 Å². The van der Waals surface area contributed by atoms with Gasteiger partial charge in [0, 0.05) is 45.6 Å². The quantitative estimate of drug-likeness (QED) is 0.902. The lowest BCUT2D eigenvalue weighted by atomic mass is 9.99. The van der Waals surface area contributed by atoms with Crippen LogP contribution in [0.15, 0.2) is 29.4 Å². The molecule has 0 unspecified atom stereocenters. The van der Waals surface area contributed by atoms with Gasteiger partial charge >= 0.3 is 0 Å². The summed E-state index contributed by atoms with van der Waals surface area (Å²) in [5.74, 6) is -0.217. The molecule has 2 aliphatic rings. The highest BCUT2D eigenvalue weighted by Gasteiger charge is 2.24. The summed E-state index contributed by atoms with van der Waals surface area (Å²) in [6.45, 7) is 4.64. The summed E-state index contributed by atoms with van der Waals surface area (Å²) >= 11 is 0. The van der Waals surface area contributed by atoms with Crippen LogP contribution >= 0.6 is 0 Å². The second kappa shape index (κ2) is 7.13. The number of nitrogens with zero attached hydrogens (tertiary/aromatic N) is 3. The Morgan fingerprint density at radius 2 is 2.00 bits per heavy atom. The molecule has 0 saturated carbocycles. The first kappa shape index (κ1) is 16.6. The van der Waals surface area contributed by atoms with Crippen LogP contribution in [0.4, 0.5) is 0 Å². The monoisotopic (exact) mass is 328 g/mol. The number of benzene rings is 1. The van der Waals surface area contributed by atoms with E-state index in [-0.39, 0.29) is 17.9 Å². The fourth-order valence-corrected chi connectivity index (χ4v) is 3.20. The summed E-state index contributed by atoms with van der Waals surface area (Å²) in [6, 6.07) is 8.79. The minimum Gasteiger partial charge on any atom is -0.349 e. The van der Waals surface area contributed by atoms with Crippen molar-refractivity contribution in [2.24, 2.45) is 5.10 Å². The number of hydrogen-bond acceptors (Lipinski definition) is 4. The summed E-state index contributed by atoms with van der Waals surface area (Å²) in [5.41, 5.74) is 3.24. The molecule has 0 bridgehead atoms. The molecular weight excluding hydrogens is 304 g/mol. The van der Waals surface area contributed by atoms with Gasteiger partial charge in [0.25, 0.3) is 5.91 Å². The van der Waals surface area contributed by atoms with Crippen molar-refractivity contribution in [1.29, 1.82) is 0 Å². The minimum absolute atomic E-state index is 0.0492. The number of amides is 2. The molecule has 0 aromatic heterocycles. The number of carbonyl (C=O) groups excluding carboxylic acids is 2. The minimum atomic E-state index is -0.168. The van der Waals surface area contributed by atoms with E-state index >= 15 is 0 Å². The first-order valence-corrected chi connectivity index (χ1v) is 8.47. The van der Waals surface area contributed by atoms with Crippen LogP contribution in [0.1, 0.15) is 30.9 Å². The third-order valence-corrected chi connectivity index (χ3v) is 4.81. The van der Waals surface area contributed by atoms with Crippen LogP contribution in [-0.2, 0) is 22.6 Å². The number of fused-ring (bicyclic) bond motifs is 1. The lowest BCUT2D eigenvalue weighted by Gasteiger charge is -2.33. The van der Waals surface area contributed by atoms with Crippen LogP contribution in [0, 0.1) is 0 Å². The maximum atomic E-state index is 12.2. The molecule has 1 aromatic carbocycles. The zero-order valence-corrected chi connectivity index (χ0v) is 14.3. The average molecular weight is 328 g/mol. The van der Waals surface area contributed by atoms with E-state index in [4.69, 9.17) is 0 Å². The van der Waals surface area contributed by atoms with E-state index in [1.54, 1.807) is 7.05 Å². The lowest BCUT2D eigenvalue weighted by molar-refractivity contribution is -0.130. The van der Waals surface area contributed by atoms with Crippen LogP contribution in [0.2, 0.25) is 0 Å². The van der Waals surface area contributed by atoms with Gasteiger partial charge in [-0.1, -0.05) is 24.3 Å². The molecule has 24 heavy (non-hydrogen) atoms. The zero-order valence-electron chi connectivity index (χ0n) is 14.3. The average Bonchev–Trinajstić information content (AvgIpc) is 2.61. The van der Waals surface area contributed by atoms with Crippen molar-refractivity contribution in [3.8, 4) is 0 Å². The Hall–Kier alpha value is -2.21. The number of rotatable bonds is 4. The third-order valence-electron chi connectivity index (χ3n) is 4.81. The van der Waals surface area contributed by atoms with E-state index in [9.17, 15) is 9.59 Å². The second-order valence-electron chi connectivity index (χ2n) is 6.51. The second-order valence-corrected chi connectivity index (χ2v) is 6.51. The highest BCUT2D eigenvalue weighted by Crippen LogP contribution is 2.20. The van der Waals surface area contributed by atoms with Gasteiger partial charge in [-0.15, -0.1) is 0 Å². The van der Waals surface area contributed by atoms with Crippen molar-refractivity contribution in [2.75, 3.05) is 20.1 Å². The fraction of sp³-hybridized carbons (Fsp3) is 0.500. The van der Waals surface area contributed by atoms with E-state index in [1.807, 2.05) is 0 Å². The number of hydrogen-bond donors (Lipinski definition) is 1. The smallest absolute Gasteiger partial charge is 0.267 e. The lowest BCUT2D eigenvalue weighted by Crippen LogP contribution is -2.46. The number of carbonyl (C=O) groups is 2. The van der Waals surface area contributed by atoms with Gasteiger partial charge in [-0.25, -0.2) is 5.01 Å². The summed E-state index contributed by atoms with van der Waals surface area (Å²) in [5, 5.41) is 8.27. The van der Waals surface area contributed by atoms with Gasteiger partial charge in [0.2, 0.25) is 5.91 Å². The van der Waals surface area contributed by atoms with Crippen LogP contribution in [-0.4, -0.2) is 53.6 Å². The van der Waals surface area contributed by atoms with Gasteiger partial charge in [0.15, 0.2) is 0 Å². The molecule has 2 aliphatic heterocycles. The molecule has 0 saturated heterocycles. The Labute approximate surface area is 142 Å². The van der Waals surface area contributed by atoms with E-state index in [2.05, 4.69) is 46.5 Å². The topological polar surface area (TPSA) is 65.0 Å². The maximum absolute atomic E-state index is 12.2. The molecule has 6 nitrogen and oxygen atoms in total. The van der Waals surface area contributed by atoms with Crippen molar-refractivity contribution in [3.05, 3.63) is 35.4 Å². The van der Waals surface area contributed by atoms with Crippen LogP contribution in [0.25, 0.3) is 0 Å². The molecule has 0 aliphatic carbocycles. The van der Waals surface area contributed by atoms with Gasteiger partial charge in [-0.05, 0) is 24.5 Å². The van der Waals surface area contributed by atoms with E-state index < -0.39 is 0 Å². The van der Waals surface area contributed by atoms with E-state index in [0.29, 0.717) is 25.1 Å². The Bertz CT molecular complexity index is 671. The Kier molecular flexibility index (Phi) is 4.94. The molecule has 6 heteroatoms. The molecule has 1 atom stereocenters. The van der Waals surface area contributed by atoms with Crippen molar-refractivity contribution >= 4 is 17.5 Å². The van der Waals surface area contributed by atoms with Crippen molar-refractivity contribution < 1.29 is 9.59 Å². The van der Waals surface area contributed by atoms with E-state index in [0.717, 1.165) is 19.5 Å². The first-order chi connectivity index (χ1) is 11.5. The van der Waals surface area contributed by atoms with Gasteiger partial charge in [-0.2, -0.15) is 5.10 Å². The molecule has 128 valence electrons. The Balaban J connectivity index is 1.53. The van der Waals surface area contributed by atoms with Crippen molar-refractivity contribution in [3.63, 3.8) is 0 Å². The number of hydrazone groups is 1. The Morgan fingerprint density at radius 1 is 1.25 bits per heavy atom. The molecule has 1 aromatic rings.